The molecule has 0 aromatic carbocycles. The Labute approximate surface area is 104 Å². The summed E-state index contributed by atoms with van der Waals surface area (Å²) in [5.74, 6) is 0.978. The van der Waals surface area contributed by atoms with Gasteiger partial charge in [-0.15, -0.1) is 0 Å². The average Bonchev–Trinajstić information content (AvgIpc) is 2.29. The summed E-state index contributed by atoms with van der Waals surface area (Å²) < 4.78 is 5.87. The molecule has 0 aromatic heterocycles. The van der Waals surface area contributed by atoms with Crippen molar-refractivity contribution in [1.82, 2.24) is 9.80 Å². The number of carbonyl (C=O) groups excluding carboxylic acids is 1. The van der Waals surface area contributed by atoms with Gasteiger partial charge in [0.2, 0.25) is 5.91 Å². The molecule has 0 bridgehead atoms. The van der Waals surface area contributed by atoms with Crippen molar-refractivity contribution in [2.24, 2.45) is 5.92 Å². The molecule has 0 saturated carbocycles. The molecule has 2 saturated heterocycles. The van der Waals surface area contributed by atoms with E-state index in [0.717, 1.165) is 25.6 Å². The van der Waals surface area contributed by atoms with Gasteiger partial charge in [0.15, 0.2) is 0 Å². The quantitative estimate of drug-likeness (QED) is 0.734. The van der Waals surface area contributed by atoms with E-state index in [2.05, 4.69) is 11.9 Å². The maximum Gasteiger partial charge on any atom is 0.222 e. The van der Waals surface area contributed by atoms with Crippen LogP contribution in [0.2, 0.25) is 0 Å². The van der Waals surface area contributed by atoms with Gasteiger partial charge in [0.25, 0.3) is 0 Å². The van der Waals surface area contributed by atoms with Gasteiger partial charge < -0.3 is 14.5 Å². The summed E-state index contributed by atoms with van der Waals surface area (Å²) >= 11 is 0. The van der Waals surface area contributed by atoms with Crippen molar-refractivity contribution in [3.8, 4) is 0 Å². The number of nitrogens with zero attached hydrogens (tertiary/aromatic N) is 2. The number of carbonyl (C=O) groups is 1. The van der Waals surface area contributed by atoms with Crippen molar-refractivity contribution in [3.63, 3.8) is 0 Å². The second-order valence-electron chi connectivity index (χ2n) is 5.35. The SMILES string of the molecule is CCC(=O)N1CC(OCC2CCN(C)CC2)C1. The Morgan fingerprint density at radius 1 is 1.29 bits per heavy atom. The summed E-state index contributed by atoms with van der Waals surface area (Å²) in [6.07, 6.45) is 3.41. The van der Waals surface area contributed by atoms with Gasteiger partial charge in [-0.1, -0.05) is 6.92 Å². The molecule has 2 aliphatic heterocycles. The Hall–Kier alpha value is -0.610. The molecule has 2 heterocycles. The van der Waals surface area contributed by atoms with Crippen LogP contribution >= 0.6 is 0 Å². The van der Waals surface area contributed by atoms with Crippen molar-refractivity contribution < 1.29 is 9.53 Å². The van der Waals surface area contributed by atoms with E-state index in [1.807, 2.05) is 11.8 Å². The van der Waals surface area contributed by atoms with Crippen molar-refractivity contribution in [1.29, 1.82) is 0 Å². The predicted octanol–water partition coefficient (Wildman–Crippen LogP) is 0.966. The zero-order chi connectivity index (χ0) is 12.3. The first-order chi connectivity index (χ1) is 8.19. The first kappa shape index (κ1) is 12.8. The van der Waals surface area contributed by atoms with E-state index in [1.54, 1.807) is 0 Å². The van der Waals surface area contributed by atoms with E-state index in [4.69, 9.17) is 4.74 Å². The first-order valence-corrected chi connectivity index (χ1v) is 6.77. The van der Waals surface area contributed by atoms with Crippen molar-refractivity contribution in [2.45, 2.75) is 32.3 Å². The van der Waals surface area contributed by atoms with Gasteiger partial charge in [0.05, 0.1) is 12.7 Å². The number of amides is 1. The van der Waals surface area contributed by atoms with Gasteiger partial charge in [-0.25, -0.2) is 0 Å². The van der Waals surface area contributed by atoms with Gasteiger partial charge in [0.1, 0.15) is 0 Å². The lowest BCUT2D eigenvalue weighted by atomic mass is 9.98. The third kappa shape index (κ3) is 3.42. The molecular weight excluding hydrogens is 216 g/mol. The lowest BCUT2D eigenvalue weighted by molar-refractivity contribution is -0.145. The van der Waals surface area contributed by atoms with Crippen molar-refractivity contribution >= 4 is 5.91 Å². The Bertz CT molecular complexity index is 256. The average molecular weight is 240 g/mol. The smallest absolute Gasteiger partial charge is 0.222 e. The van der Waals surface area contributed by atoms with E-state index in [0.29, 0.717) is 12.5 Å². The number of rotatable bonds is 4. The number of piperidine rings is 1. The third-order valence-electron chi connectivity index (χ3n) is 3.91. The summed E-state index contributed by atoms with van der Waals surface area (Å²) in [5, 5.41) is 0. The largest absolute Gasteiger partial charge is 0.374 e. The molecule has 0 aliphatic carbocycles. The highest BCUT2D eigenvalue weighted by atomic mass is 16.5. The molecule has 0 unspecified atom stereocenters. The van der Waals surface area contributed by atoms with Crippen molar-refractivity contribution in [3.05, 3.63) is 0 Å². The number of hydrogen-bond donors (Lipinski definition) is 0. The van der Waals surface area contributed by atoms with Crippen LogP contribution in [-0.4, -0.2) is 61.6 Å². The first-order valence-electron chi connectivity index (χ1n) is 6.77. The fraction of sp³-hybridized carbons (Fsp3) is 0.923. The summed E-state index contributed by atoms with van der Waals surface area (Å²) in [5.41, 5.74) is 0. The molecule has 98 valence electrons. The molecule has 1 amide bonds. The minimum atomic E-state index is 0.254. The number of hydrogen-bond acceptors (Lipinski definition) is 3. The summed E-state index contributed by atoms with van der Waals surface area (Å²) in [7, 11) is 2.18. The minimum absolute atomic E-state index is 0.254. The molecule has 0 radical (unpaired) electrons. The number of likely N-dealkylation sites (tertiary alicyclic amines) is 2. The standard InChI is InChI=1S/C13H24N2O2/c1-3-13(16)15-8-12(9-15)17-10-11-4-6-14(2)7-5-11/h11-12H,3-10H2,1-2H3. The van der Waals surface area contributed by atoms with Crippen LogP contribution in [0.15, 0.2) is 0 Å². The molecule has 4 nitrogen and oxygen atoms in total. The monoisotopic (exact) mass is 240 g/mol. The van der Waals surface area contributed by atoms with Gasteiger partial charge in [-0.2, -0.15) is 0 Å². The highest BCUT2D eigenvalue weighted by molar-refractivity contribution is 5.76. The van der Waals surface area contributed by atoms with Crippen LogP contribution in [0.1, 0.15) is 26.2 Å². The Balaban J connectivity index is 1.57. The van der Waals surface area contributed by atoms with Crippen LogP contribution in [0.4, 0.5) is 0 Å². The molecule has 2 rings (SSSR count). The maximum absolute atomic E-state index is 11.3. The molecule has 0 atom stereocenters. The van der Waals surface area contributed by atoms with Crippen LogP contribution < -0.4 is 0 Å². The highest BCUT2D eigenvalue weighted by Gasteiger charge is 2.31. The van der Waals surface area contributed by atoms with E-state index in [9.17, 15) is 4.79 Å². The molecule has 2 fully saturated rings. The second kappa shape index (κ2) is 5.83. The molecule has 4 heteroatoms. The summed E-state index contributed by atoms with van der Waals surface area (Å²) in [6.45, 7) is 6.79. The Morgan fingerprint density at radius 2 is 1.94 bits per heavy atom. The van der Waals surface area contributed by atoms with Gasteiger partial charge >= 0.3 is 0 Å². The lowest BCUT2D eigenvalue weighted by Gasteiger charge is -2.40. The van der Waals surface area contributed by atoms with E-state index in [-0.39, 0.29) is 5.91 Å². The molecule has 0 spiro atoms. The summed E-state index contributed by atoms with van der Waals surface area (Å²) in [6, 6.07) is 0. The minimum Gasteiger partial charge on any atom is -0.374 e. The fourth-order valence-corrected chi connectivity index (χ4v) is 2.47. The zero-order valence-electron chi connectivity index (χ0n) is 11.0. The van der Waals surface area contributed by atoms with Crippen LogP contribution in [-0.2, 0) is 9.53 Å². The number of ether oxygens (including phenoxy) is 1. The summed E-state index contributed by atoms with van der Waals surface area (Å²) in [4.78, 5) is 15.6. The Kier molecular flexibility index (Phi) is 4.40. The van der Waals surface area contributed by atoms with E-state index in [1.165, 1.54) is 25.9 Å². The third-order valence-corrected chi connectivity index (χ3v) is 3.91. The van der Waals surface area contributed by atoms with Crippen LogP contribution in [0.25, 0.3) is 0 Å². The zero-order valence-corrected chi connectivity index (χ0v) is 11.0. The van der Waals surface area contributed by atoms with Gasteiger partial charge in [-0.3, -0.25) is 4.79 Å². The topological polar surface area (TPSA) is 32.8 Å². The van der Waals surface area contributed by atoms with E-state index >= 15 is 0 Å². The fourth-order valence-electron chi connectivity index (χ4n) is 2.47. The molecule has 17 heavy (non-hydrogen) atoms. The van der Waals surface area contributed by atoms with Gasteiger partial charge in [0, 0.05) is 19.5 Å². The predicted molar refractivity (Wildman–Crippen MR) is 66.8 cm³/mol. The lowest BCUT2D eigenvalue weighted by Crippen LogP contribution is -2.55. The van der Waals surface area contributed by atoms with Crippen LogP contribution in [0.3, 0.4) is 0 Å². The molecule has 2 aliphatic rings. The highest BCUT2D eigenvalue weighted by Crippen LogP contribution is 2.19. The van der Waals surface area contributed by atoms with E-state index < -0.39 is 0 Å². The van der Waals surface area contributed by atoms with Crippen molar-refractivity contribution in [2.75, 3.05) is 39.8 Å². The van der Waals surface area contributed by atoms with Crippen LogP contribution in [0, 0.1) is 5.92 Å². The van der Waals surface area contributed by atoms with Crippen LogP contribution in [0.5, 0.6) is 0 Å². The molecule has 0 aromatic rings. The van der Waals surface area contributed by atoms with Gasteiger partial charge in [-0.05, 0) is 38.9 Å². The molecular formula is C13H24N2O2. The molecule has 0 N–H and O–H groups in total. The second-order valence-corrected chi connectivity index (χ2v) is 5.35. The Morgan fingerprint density at radius 3 is 2.53 bits per heavy atom. The maximum atomic E-state index is 11.3. The normalized spacial score (nSPS) is 23.8.